The molecule has 0 aromatic carbocycles. The third-order valence-corrected chi connectivity index (χ3v) is 9.06. The van der Waals surface area contributed by atoms with E-state index in [1.807, 2.05) is 0 Å². The number of nitrogens with zero attached hydrogens (tertiary/aromatic N) is 2. The molecule has 4 aliphatic rings. The van der Waals surface area contributed by atoms with E-state index in [0.29, 0.717) is 23.9 Å². The second kappa shape index (κ2) is 11.7. The molecule has 35 heavy (non-hydrogen) atoms. The van der Waals surface area contributed by atoms with Crippen LogP contribution in [-0.4, -0.2) is 46.5 Å². The van der Waals surface area contributed by atoms with Crippen LogP contribution in [0.2, 0.25) is 0 Å². The summed E-state index contributed by atoms with van der Waals surface area (Å²) >= 11 is 0. The maximum Gasteiger partial charge on any atom is 0.253 e. The van der Waals surface area contributed by atoms with Gasteiger partial charge in [-0.1, -0.05) is 51.4 Å². The summed E-state index contributed by atoms with van der Waals surface area (Å²) in [6.45, 7) is 1.07. The fraction of sp³-hybridized carbons (Fsp3) is 0.724. The van der Waals surface area contributed by atoms with Crippen molar-refractivity contribution in [2.45, 2.75) is 109 Å². The molecule has 192 valence electrons. The molecule has 0 unspecified atom stereocenters. The highest BCUT2D eigenvalue weighted by molar-refractivity contribution is 6.13. The highest BCUT2D eigenvalue weighted by Gasteiger charge is 2.42. The second-order valence-electron chi connectivity index (χ2n) is 11.5. The predicted octanol–water partition coefficient (Wildman–Crippen LogP) is 5.47. The van der Waals surface area contributed by atoms with Gasteiger partial charge in [-0.3, -0.25) is 29.0 Å². The molecule has 2 fully saturated rings. The SMILES string of the molecule is O=C1C=CC(=O)N1CCCCC1(CC2(CCCCN3C(=O)C=CC3=O)CCCCC2)CCCCC1. The molecule has 0 spiro atoms. The molecule has 6 heteroatoms. The van der Waals surface area contributed by atoms with E-state index in [1.165, 1.54) is 118 Å². The average Bonchev–Trinajstić information content (AvgIpc) is 3.35. The lowest BCUT2D eigenvalue weighted by atomic mass is 9.57. The highest BCUT2D eigenvalue weighted by Crippen LogP contribution is 2.54. The Labute approximate surface area is 210 Å². The van der Waals surface area contributed by atoms with Crippen LogP contribution in [0, 0.1) is 10.8 Å². The van der Waals surface area contributed by atoms with Gasteiger partial charge in [-0.25, -0.2) is 0 Å². The minimum absolute atomic E-state index is 0.170. The van der Waals surface area contributed by atoms with Crippen LogP contribution in [0.1, 0.15) is 109 Å². The van der Waals surface area contributed by atoms with Crippen LogP contribution in [-0.2, 0) is 19.2 Å². The minimum atomic E-state index is -0.170. The third kappa shape index (κ3) is 6.50. The van der Waals surface area contributed by atoms with Crippen LogP contribution >= 0.6 is 0 Å². The zero-order valence-corrected chi connectivity index (χ0v) is 21.3. The molecule has 0 atom stereocenters. The van der Waals surface area contributed by atoms with Crippen molar-refractivity contribution in [3.05, 3.63) is 24.3 Å². The fourth-order valence-corrected chi connectivity index (χ4v) is 7.27. The normalized spacial score (nSPS) is 23.7. The van der Waals surface area contributed by atoms with Crippen LogP contribution in [0.5, 0.6) is 0 Å². The molecule has 2 aliphatic heterocycles. The van der Waals surface area contributed by atoms with Crippen molar-refractivity contribution in [1.82, 2.24) is 9.80 Å². The van der Waals surface area contributed by atoms with Crippen LogP contribution in [0.3, 0.4) is 0 Å². The van der Waals surface area contributed by atoms with Gasteiger partial charge in [-0.05, 0) is 68.6 Å². The molecule has 0 radical (unpaired) electrons. The van der Waals surface area contributed by atoms with Crippen molar-refractivity contribution in [1.29, 1.82) is 0 Å². The number of unbranched alkanes of at least 4 members (excludes halogenated alkanes) is 2. The van der Waals surface area contributed by atoms with Gasteiger partial charge in [0.15, 0.2) is 0 Å². The van der Waals surface area contributed by atoms with Crippen LogP contribution < -0.4 is 0 Å². The summed E-state index contributed by atoms with van der Waals surface area (Å²) in [5.74, 6) is -0.679. The molecule has 0 N–H and O–H groups in total. The van der Waals surface area contributed by atoms with Gasteiger partial charge in [-0.15, -0.1) is 0 Å². The van der Waals surface area contributed by atoms with E-state index in [-0.39, 0.29) is 23.6 Å². The zero-order chi connectivity index (χ0) is 24.7. The van der Waals surface area contributed by atoms with Crippen molar-refractivity contribution in [2.24, 2.45) is 10.8 Å². The number of rotatable bonds is 12. The summed E-state index contributed by atoms with van der Waals surface area (Å²) in [7, 11) is 0. The first-order chi connectivity index (χ1) is 16.9. The summed E-state index contributed by atoms with van der Waals surface area (Å²) in [4.78, 5) is 50.2. The molecule has 4 amide bonds. The van der Waals surface area contributed by atoms with Crippen LogP contribution in [0.4, 0.5) is 0 Å². The Hall–Kier alpha value is -2.24. The van der Waals surface area contributed by atoms with Gasteiger partial charge in [0.2, 0.25) is 0 Å². The Morgan fingerprint density at radius 3 is 1.20 bits per heavy atom. The zero-order valence-electron chi connectivity index (χ0n) is 21.3. The smallest absolute Gasteiger partial charge is 0.253 e. The molecule has 2 aliphatic carbocycles. The van der Waals surface area contributed by atoms with Crippen molar-refractivity contribution < 1.29 is 19.2 Å². The minimum Gasteiger partial charge on any atom is -0.275 e. The van der Waals surface area contributed by atoms with Crippen molar-refractivity contribution in [2.75, 3.05) is 13.1 Å². The Bertz CT molecular complexity index is 756. The number of imide groups is 2. The monoisotopic (exact) mass is 482 g/mol. The molecule has 0 aromatic rings. The maximum absolute atomic E-state index is 11.9. The first kappa shape index (κ1) is 25.8. The Kier molecular flexibility index (Phi) is 8.61. The molecule has 0 bridgehead atoms. The van der Waals surface area contributed by atoms with E-state index >= 15 is 0 Å². The summed E-state index contributed by atoms with van der Waals surface area (Å²) < 4.78 is 0. The number of hydrogen-bond acceptors (Lipinski definition) is 4. The van der Waals surface area contributed by atoms with Crippen molar-refractivity contribution in [3.8, 4) is 0 Å². The van der Waals surface area contributed by atoms with Gasteiger partial charge in [0, 0.05) is 37.4 Å². The standard InChI is InChI=1S/C29H42N2O4/c32-24-11-12-25(33)30(24)21-9-7-19-28(15-3-1-4-16-28)23-29(17-5-2-6-18-29)20-8-10-22-31-26(34)13-14-27(31)35/h11-14H,1-10,15-23H2. The van der Waals surface area contributed by atoms with E-state index in [9.17, 15) is 19.2 Å². The lowest BCUT2D eigenvalue weighted by Gasteiger charge is -2.48. The quantitative estimate of drug-likeness (QED) is 0.273. The first-order valence-corrected chi connectivity index (χ1v) is 14.0. The molecule has 6 nitrogen and oxygen atoms in total. The molecular formula is C29H42N2O4. The van der Waals surface area contributed by atoms with Crippen LogP contribution in [0.15, 0.2) is 24.3 Å². The van der Waals surface area contributed by atoms with E-state index in [2.05, 4.69) is 0 Å². The average molecular weight is 483 g/mol. The predicted molar refractivity (Wildman–Crippen MR) is 135 cm³/mol. The molecule has 4 rings (SSSR count). The number of carbonyl (C=O) groups excluding carboxylic acids is 4. The number of amides is 4. The van der Waals surface area contributed by atoms with Gasteiger partial charge < -0.3 is 0 Å². The first-order valence-electron chi connectivity index (χ1n) is 14.0. The van der Waals surface area contributed by atoms with Crippen molar-refractivity contribution >= 4 is 23.6 Å². The maximum atomic E-state index is 11.9. The fourth-order valence-electron chi connectivity index (χ4n) is 7.27. The van der Waals surface area contributed by atoms with E-state index in [4.69, 9.17) is 0 Å². The van der Waals surface area contributed by atoms with Gasteiger partial charge >= 0.3 is 0 Å². The highest BCUT2D eigenvalue weighted by atomic mass is 16.2. The Balaban J connectivity index is 1.32. The van der Waals surface area contributed by atoms with Crippen LogP contribution in [0.25, 0.3) is 0 Å². The van der Waals surface area contributed by atoms with Gasteiger partial charge in [0.1, 0.15) is 0 Å². The molecular weight excluding hydrogens is 440 g/mol. The third-order valence-electron chi connectivity index (χ3n) is 9.06. The summed E-state index contributed by atoms with van der Waals surface area (Å²) in [5, 5.41) is 0. The largest absolute Gasteiger partial charge is 0.275 e. The molecule has 2 saturated carbocycles. The Morgan fingerprint density at radius 1 is 0.514 bits per heavy atom. The van der Waals surface area contributed by atoms with E-state index in [1.54, 1.807) is 0 Å². The summed E-state index contributed by atoms with van der Waals surface area (Å²) in [5.41, 5.74) is 0.773. The van der Waals surface area contributed by atoms with E-state index in [0.717, 1.165) is 25.7 Å². The van der Waals surface area contributed by atoms with Gasteiger partial charge in [0.25, 0.3) is 23.6 Å². The topological polar surface area (TPSA) is 74.8 Å². The van der Waals surface area contributed by atoms with E-state index < -0.39 is 0 Å². The molecule has 2 heterocycles. The second-order valence-corrected chi connectivity index (χ2v) is 11.5. The molecule has 0 saturated heterocycles. The van der Waals surface area contributed by atoms with Gasteiger partial charge in [-0.2, -0.15) is 0 Å². The number of carbonyl (C=O) groups is 4. The van der Waals surface area contributed by atoms with Gasteiger partial charge in [0.05, 0.1) is 0 Å². The molecule has 0 aromatic heterocycles. The lowest BCUT2D eigenvalue weighted by molar-refractivity contribution is -0.138. The summed E-state index contributed by atoms with van der Waals surface area (Å²) in [6.07, 6.45) is 26.3. The van der Waals surface area contributed by atoms with Crippen molar-refractivity contribution in [3.63, 3.8) is 0 Å². The lowest BCUT2D eigenvalue weighted by Crippen LogP contribution is -2.36. The number of hydrogen-bond donors (Lipinski definition) is 0. The summed E-state index contributed by atoms with van der Waals surface area (Å²) in [6, 6.07) is 0. The Morgan fingerprint density at radius 2 is 0.857 bits per heavy atom.